The van der Waals surface area contributed by atoms with Gasteiger partial charge in [0.2, 0.25) is 0 Å². The molecule has 4 N–H and O–H groups in total. The maximum absolute atomic E-state index is 11.1. The van der Waals surface area contributed by atoms with Gasteiger partial charge in [0.15, 0.2) is 0 Å². The van der Waals surface area contributed by atoms with E-state index in [4.69, 9.17) is 0 Å². The first-order valence-electron chi connectivity index (χ1n) is 6.77. The van der Waals surface area contributed by atoms with E-state index in [0.29, 0.717) is 11.0 Å². The van der Waals surface area contributed by atoms with E-state index < -0.39 is 0 Å². The van der Waals surface area contributed by atoms with E-state index in [-0.39, 0.29) is 39.5 Å². The van der Waals surface area contributed by atoms with E-state index in [0.717, 1.165) is 10.8 Å². The van der Waals surface area contributed by atoms with Gasteiger partial charge in [-0.2, -0.15) is 0 Å². The van der Waals surface area contributed by atoms with Crippen molar-refractivity contribution in [3.05, 3.63) is 73.1 Å². The van der Waals surface area contributed by atoms with Crippen molar-refractivity contribution in [2.24, 2.45) is 0 Å². The Morgan fingerprint density at radius 1 is 0.560 bits per heavy atom. The normalized spacial score (nSPS) is 8.96. The molecule has 0 aliphatic rings. The summed E-state index contributed by atoms with van der Waals surface area (Å²) in [6.07, 6.45) is 3.26. The van der Waals surface area contributed by atoms with Crippen molar-refractivity contribution in [2.75, 3.05) is 0 Å². The molecule has 4 rings (SSSR count). The van der Waals surface area contributed by atoms with Crippen molar-refractivity contribution in [1.29, 1.82) is 0 Å². The largest absolute Gasteiger partial charge is 2.00 e. The fraction of sp³-hybridized carbons (Fsp3) is 0. The molecule has 6 nitrogen and oxygen atoms in total. The van der Waals surface area contributed by atoms with Crippen molar-refractivity contribution in [2.45, 2.75) is 0 Å². The molecule has 0 saturated heterocycles. The minimum Gasteiger partial charge on any atom is -0.871 e. The smallest absolute Gasteiger partial charge is 0.871 e. The summed E-state index contributed by atoms with van der Waals surface area (Å²) in [6, 6.07) is 17.7. The third-order valence-corrected chi connectivity index (χ3v) is 3.19. The number of rotatable bonds is 0. The van der Waals surface area contributed by atoms with Gasteiger partial charge in [-0.1, -0.05) is 60.0 Å². The first kappa shape index (κ1) is 22.3. The van der Waals surface area contributed by atoms with E-state index in [1.165, 1.54) is 12.1 Å². The van der Waals surface area contributed by atoms with Crippen LogP contribution in [0.25, 0.3) is 21.8 Å². The molecule has 133 valence electrons. The summed E-state index contributed by atoms with van der Waals surface area (Å²) < 4.78 is 0. The number of fused-ring (bicyclic) bond motifs is 2. The molecule has 0 atom stereocenters. The van der Waals surface area contributed by atoms with Gasteiger partial charge in [0.1, 0.15) is 0 Å². The second kappa shape index (κ2) is 10.2. The van der Waals surface area contributed by atoms with Crippen molar-refractivity contribution in [1.82, 2.24) is 9.97 Å². The van der Waals surface area contributed by atoms with Crippen LogP contribution in [-0.2, 0) is 17.1 Å². The number of aromatic nitrogens is 2. The fourth-order valence-corrected chi connectivity index (χ4v) is 2.15. The zero-order valence-electron chi connectivity index (χ0n) is 12.9. The number of hydrogen-bond acceptors (Lipinski definition) is 4. The predicted molar refractivity (Wildman–Crippen MR) is 89.6 cm³/mol. The molecule has 1 radical (unpaired) electrons. The summed E-state index contributed by atoms with van der Waals surface area (Å²) >= 11 is 0. The molecular formula is C18H16CuN2O4. The van der Waals surface area contributed by atoms with Crippen molar-refractivity contribution in [3.63, 3.8) is 0 Å². The average molecular weight is 388 g/mol. The number of pyridine rings is 2. The monoisotopic (exact) mass is 387 g/mol. The number of nitrogens with zero attached hydrogens (tertiary/aromatic N) is 2. The van der Waals surface area contributed by atoms with Gasteiger partial charge in [-0.3, -0.25) is 9.97 Å². The maximum atomic E-state index is 11.1. The molecule has 0 spiro atoms. The van der Waals surface area contributed by atoms with E-state index in [1.54, 1.807) is 24.5 Å². The SMILES string of the molecule is O.O.[Cu+2].[O-]c1cccc2cccnc12.[O-]c1cccc2cccnc12. The average Bonchev–Trinajstić information content (AvgIpc) is 2.57. The summed E-state index contributed by atoms with van der Waals surface area (Å²) in [5, 5.41) is 24.0. The zero-order chi connectivity index (χ0) is 15.4. The van der Waals surface area contributed by atoms with E-state index in [1.807, 2.05) is 36.4 Å². The predicted octanol–water partition coefficient (Wildman–Crippen LogP) is 0.965. The Hall–Kier alpha value is -2.70. The van der Waals surface area contributed by atoms with E-state index in [2.05, 4.69) is 9.97 Å². The minimum absolute atomic E-state index is 0. The molecule has 2 heterocycles. The van der Waals surface area contributed by atoms with Crippen LogP contribution in [0.5, 0.6) is 11.5 Å². The van der Waals surface area contributed by atoms with Gasteiger partial charge < -0.3 is 21.2 Å². The molecule has 4 aromatic rings. The van der Waals surface area contributed by atoms with Crippen molar-refractivity contribution in [3.8, 4) is 11.5 Å². The fourth-order valence-electron chi connectivity index (χ4n) is 2.15. The quantitative estimate of drug-likeness (QED) is 0.415. The van der Waals surface area contributed by atoms with Gasteiger partial charge in [0.05, 0.1) is 11.0 Å². The van der Waals surface area contributed by atoms with Crippen LogP contribution in [0.1, 0.15) is 0 Å². The summed E-state index contributed by atoms with van der Waals surface area (Å²) in [4.78, 5) is 7.94. The Labute approximate surface area is 154 Å². The van der Waals surface area contributed by atoms with Crippen LogP contribution in [0.2, 0.25) is 0 Å². The van der Waals surface area contributed by atoms with E-state index >= 15 is 0 Å². The van der Waals surface area contributed by atoms with E-state index in [9.17, 15) is 10.2 Å². The van der Waals surface area contributed by atoms with Crippen molar-refractivity contribution >= 4 is 21.8 Å². The Balaban J connectivity index is 0.000000411. The minimum atomic E-state index is -0.0110. The first-order valence-corrected chi connectivity index (χ1v) is 6.77. The van der Waals surface area contributed by atoms with Crippen LogP contribution in [0.15, 0.2) is 73.1 Å². The number of para-hydroxylation sites is 2. The molecule has 2 aromatic carbocycles. The molecular weight excluding hydrogens is 372 g/mol. The van der Waals surface area contributed by atoms with Gasteiger partial charge >= 0.3 is 17.1 Å². The molecule has 0 amide bonds. The second-order valence-electron chi connectivity index (χ2n) is 4.66. The molecule has 2 aromatic heterocycles. The zero-order valence-corrected chi connectivity index (χ0v) is 13.9. The van der Waals surface area contributed by atoms with Gasteiger partial charge in [-0.25, -0.2) is 0 Å². The molecule has 7 heteroatoms. The molecule has 0 aliphatic heterocycles. The van der Waals surface area contributed by atoms with Crippen LogP contribution >= 0.6 is 0 Å². The molecule has 0 aliphatic carbocycles. The molecule has 25 heavy (non-hydrogen) atoms. The molecule has 0 bridgehead atoms. The summed E-state index contributed by atoms with van der Waals surface area (Å²) in [5.41, 5.74) is 1.10. The second-order valence-corrected chi connectivity index (χ2v) is 4.66. The third-order valence-electron chi connectivity index (χ3n) is 3.19. The van der Waals surface area contributed by atoms with Crippen LogP contribution in [0.4, 0.5) is 0 Å². The standard InChI is InChI=1S/2C9H7NO.Cu.2H2O/c2*11-8-5-1-3-7-4-2-6-10-9(7)8;;;/h2*1-6,11H;;2*1H2/q;;+2;;/p-2. The number of benzene rings is 2. The Kier molecular flexibility index (Phi) is 9.12. The van der Waals surface area contributed by atoms with Crippen LogP contribution in [0.3, 0.4) is 0 Å². The van der Waals surface area contributed by atoms with Crippen molar-refractivity contribution < 1.29 is 38.2 Å². The van der Waals surface area contributed by atoms with Gasteiger partial charge in [0.25, 0.3) is 0 Å². The Morgan fingerprint density at radius 2 is 0.920 bits per heavy atom. The summed E-state index contributed by atoms with van der Waals surface area (Å²) in [7, 11) is 0. The topological polar surface area (TPSA) is 135 Å². The van der Waals surface area contributed by atoms with Crippen LogP contribution < -0.4 is 10.2 Å². The van der Waals surface area contributed by atoms with Gasteiger partial charge in [-0.05, 0) is 22.9 Å². The molecule has 0 fully saturated rings. The molecule has 0 saturated carbocycles. The van der Waals surface area contributed by atoms with Gasteiger partial charge in [-0.15, -0.1) is 0 Å². The van der Waals surface area contributed by atoms with Crippen LogP contribution in [0, 0.1) is 0 Å². The maximum Gasteiger partial charge on any atom is 2.00 e. The Morgan fingerprint density at radius 3 is 1.28 bits per heavy atom. The summed E-state index contributed by atoms with van der Waals surface area (Å²) in [6.45, 7) is 0. The molecule has 0 unspecified atom stereocenters. The van der Waals surface area contributed by atoms with Gasteiger partial charge in [0, 0.05) is 12.4 Å². The number of hydrogen-bond donors (Lipinski definition) is 0. The summed E-state index contributed by atoms with van der Waals surface area (Å²) in [5.74, 6) is -0.0220. The van der Waals surface area contributed by atoms with Crippen LogP contribution in [-0.4, -0.2) is 20.9 Å². The Bertz CT molecular complexity index is 847. The first-order chi connectivity index (χ1) is 10.8. The third kappa shape index (κ3) is 5.14.